The van der Waals surface area contributed by atoms with E-state index in [1.807, 2.05) is 18.2 Å². The maximum atomic E-state index is 13.7. The number of anilines is 1. The van der Waals surface area contributed by atoms with E-state index >= 15 is 0 Å². The van der Waals surface area contributed by atoms with Crippen molar-refractivity contribution >= 4 is 64.0 Å². The third-order valence-corrected chi connectivity index (χ3v) is 10.8. The quantitative estimate of drug-likeness (QED) is 0.310. The van der Waals surface area contributed by atoms with Gasteiger partial charge in [0.15, 0.2) is 0 Å². The molecule has 0 unspecified atom stereocenters. The highest BCUT2D eigenvalue weighted by molar-refractivity contribution is 7.89. The summed E-state index contributed by atoms with van der Waals surface area (Å²) in [6, 6.07) is 12.6. The van der Waals surface area contributed by atoms with Crippen molar-refractivity contribution < 1.29 is 26.4 Å². The van der Waals surface area contributed by atoms with Gasteiger partial charge in [-0.2, -0.15) is 9.03 Å². The topological polar surface area (TPSA) is 152 Å². The first-order chi connectivity index (χ1) is 18.9. The van der Waals surface area contributed by atoms with Gasteiger partial charge in [0.1, 0.15) is 17.6 Å². The van der Waals surface area contributed by atoms with Crippen molar-refractivity contribution in [1.29, 1.82) is 0 Å². The SMILES string of the molecule is COc1ccc2ccc(S(=O)(=O)N[C@@H](Cc3cc4c(N)nccc4s3)C(=O)N3CCN(S(C)(=O)=O)CC3)cc2c1. The summed E-state index contributed by atoms with van der Waals surface area (Å²) in [5, 5.41) is 2.25. The number of amides is 1. The van der Waals surface area contributed by atoms with Crippen LogP contribution < -0.4 is 15.2 Å². The van der Waals surface area contributed by atoms with Crippen LogP contribution in [0.1, 0.15) is 4.88 Å². The van der Waals surface area contributed by atoms with E-state index in [-0.39, 0.29) is 37.5 Å². The van der Waals surface area contributed by atoms with E-state index < -0.39 is 32.0 Å². The Morgan fingerprint density at radius 1 is 1.05 bits per heavy atom. The number of nitrogens with two attached hydrogens (primary N) is 1. The number of carbonyl (C=O) groups is 1. The van der Waals surface area contributed by atoms with Crippen LogP contribution in [0.15, 0.2) is 59.6 Å². The predicted octanol–water partition coefficient (Wildman–Crippen LogP) is 2.03. The summed E-state index contributed by atoms with van der Waals surface area (Å²) in [5.74, 6) is 0.518. The molecule has 0 spiro atoms. The van der Waals surface area contributed by atoms with E-state index in [1.165, 1.54) is 33.7 Å². The minimum absolute atomic E-state index is 0.0118. The average Bonchev–Trinajstić information content (AvgIpc) is 3.35. The van der Waals surface area contributed by atoms with Crippen LogP contribution in [0.25, 0.3) is 20.9 Å². The van der Waals surface area contributed by atoms with Gasteiger partial charge in [0, 0.05) is 53.8 Å². The first-order valence-electron chi connectivity index (χ1n) is 12.4. The number of piperazine rings is 1. The molecular weight excluding hydrogens is 575 g/mol. The maximum Gasteiger partial charge on any atom is 0.241 e. The van der Waals surface area contributed by atoms with Crippen LogP contribution in [0.4, 0.5) is 5.82 Å². The number of ether oxygens (including phenoxy) is 1. The van der Waals surface area contributed by atoms with Gasteiger partial charge >= 0.3 is 0 Å². The zero-order chi connectivity index (χ0) is 28.7. The van der Waals surface area contributed by atoms with Crippen molar-refractivity contribution in [2.24, 2.45) is 0 Å². The summed E-state index contributed by atoms with van der Waals surface area (Å²) in [4.78, 5) is 20.1. The highest BCUT2D eigenvalue weighted by Gasteiger charge is 2.33. The Hall–Kier alpha value is -3.30. The van der Waals surface area contributed by atoms with Gasteiger partial charge in [-0.25, -0.2) is 21.8 Å². The number of rotatable bonds is 8. The molecule has 1 aliphatic heterocycles. The highest BCUT2D eigenvalue weighted by atomic mass is 32.2. The molecule has 1 amide bonds. The molecule has 1 aliphatic rings. The molecule has 0 bridgehead atoms. The number of sulfonamides is 2. The van der Waals surface area contributed by atoms with Gasteiger partial charge in [-0.1, -0.05) is 12.1 Å². The Morgan fingerprint density at radius 2 is 1.77 bits per heavy atom. The van der Waals surface area contributed by atoms with Crippen molar-refractivity contribution in [3.05, 3.63) is 59.6 Å². The van der Waals surface area contributed by atoms with Crippen molar-refractivity contribution in [2.45, 2.75) is 17.4 Å². The van der Waals surface area contributed by atoms with Crippen molar-refractivity contribution in [2.75, 3.05) is 45.3 Å². The lowest BCUT2D eigenvalue weighted by Crippen LogP contribution is -2.56. The molecule has 3 N–H and O–H groups in total. The monoisotopic (exact) mass is 603 g/mol. The van der Waals surface area contributed by atoms with Gasteiger partial charge in [-0.3, -0.25) is 4.79 Å². The molecule has 0 aliphatic carbocycles. The molecule has 212 valence electrons. The van der Waals surface area contributed by atoms with E-state index in [0.29, 0.717) is 17.0 Å². The fourth-order valence-corrected chi connectivity index (χ4v) is 7.89. The van der Waals surface area contributed by atoms with Crippen LogP contribution in [-0.2, 0) is 31.3 Å². The van der Waals surface area contributed by atoms with Crippen LogP contribution in [0.2, 0.25) is 0 Å². The second-order valence-electron chi connectivity index (χ2n) is 9.56. The van der Waals surface area contributed by atoms with E-state index in [1.54, 1.807) is 30.5 Å². The van der Waals surface area contributed by atoms with E-state index in [0.717, 1.165) is 26.6 Å². The van der Waals surface area contributed by atoms with Crippen LogP contribution >= 0.6 is 11.3 Å². The number of nitrogen functional groups attached to an aromatic ring is 1. The van der Waals surface area contributed by atoms with Gasteiger partial charge in [0.05, 0.1) is 18.3 Å². The fraction of sp³-hybridized carbons (Fsp3) is 0.308. The summed E-state index contributed by atoms with van der Waals surface area (Å²) in [6.45, 7) is 0.593. The molecular formula is C26H29N5O6S3. The number of fused-ring (bicyclic) bond motifs is 2. The second kappa shape index (κ2) is 10.9. The van der Waals surface area contributed by atoms with E-state index in [9.17, 15) is 21.6 Å². The number of pyridine rings is 1. The summed E-state index contributed by atoms with van der Waals surface area (Å²) in [7, 11) is -5.98. The third-order valence-electron chi connectivity index (χ3n) is 6.88. The fourth-order valence-electron chi connectivity index (χ4n) is 4.73. The molecule has 4 aromatic rings. The van der Waals surface area contributed by atoms with Crippen molar-refractivity contribution in [3.8, 4) is 5.75 Å². The molecule has 40 heavy (non-hydrogen) atoms. The minimum Gasteiger partial charge on any atom is -0.497 e. The van der Waals surface area contributed by atoms with Crippen LogP contribution in [0.5, 0.6) is 5.75 Å². The number of benzene rings is 2. The lowest BCUT2D eigenvalue weighted by atomic mass is 10.1. The molecule has 1 atom stereocenters. The van der Waals surface area contributed by atoms with Gasteiger partial charge in [-0.05, 0) is 47.2 Å². The number of nitrogens with one attached hydrogen (secondary N) is 1. The zero-order valence-corrected chi connectivity index (χ0v) is 24.4. The molecule has 1 saturated heterocycles. The average molecular weight is 604 g/mol. The highest BCUT2D eigenvalue weighted by Crippen LogP contribution is 2.30. The van der Waals surface area contributed by atoms with Crippen LogP contribution in [-0.4, -0.2) is 82.5 Å². The molecule has 14 heteroatoms. The maximum absolute atomic E-state index is 13.7. The third kappa shape index (κ3) is 5.90. The normalized spacial score (nSPS) is 15.9. The molecule has 3 heterocycles. The summed E-state index contributed by atoms with van der Waals surface area (Å²) in [5.41, 5.74) is 6.02. The first kappa shape index (κ1) is 28.2. The summed E-state index contributed by atoms with van der Waals surface area (Å²) >= 11 is 1.41. The lowest BCUT2D eigenvalue weighted by Gasteiger charge is -2.35. The van der Waals surface area contributed by atoms with Crippen molar-refractivity contribution in [1.82, 2.24) is 18.9 Å². The number of hydrogen-bond donors (Lipinski definition) is 2. The number of aromatic nitrogens is 1. The number of methoxy groups -OCH3 is 1. The Balaban J connectivity index is 1.45. The number of carbonyl (C=O) groups excluding carboxylic acids is 1. The Labute approximate surface area is 236 Å². The molecule has 2 aromatic carbocycles. The first-order valence-corrected chi connectivity index (χ1v) is 16.6. The molecule has 0 saturated carbocycles. The van der Waals surface area contributed by atoms with Gasteiger partial charge in [0.2, 0.25) is 26.0 Å². The number of nitrogens with zero attached hydrogens (tertiary/aromatic N) is 3. The Bertz CT molecular complexity index is 1800. The minimum atomic E-state index is -4.12. The second-order valence-corrected chi connectivity index (χ2v) is 14.4. The molecule has 5 rings (SSSR count). The van der Waals surface area contributed by atoms with E-state index in [2.05, 4.69) is 9.71 Å². The molecule has 1 fully saturated rings. The van der Waals surface area contributed by atoms with E-state index in [4.69, 9.17) is 10.5 Å². The zero-order valence-electron chi connectivity index (χ0n) is 21.9. The smallest absolute Gasteiger partial charge is 0.241 e. The van der Waals surface area contributed by atoms with Gasteiger partial charge in [-0.15, -0.1) is 11.3 Å². The standard InChI is InChI=1S/C26H29N5O6S3/c1-37-19-5-3-17-4-6-21(14-18(17)13-19)40(35,36)29-23(16-20-15-22-24(38-20)7-8-28-25(22)27)26(32)30-9-11-31(12-10-30)39(2,33)34/h3-8,13-15,23,29H,9-12,16H2,1-2H3,(H2,27,28)/t23-/m0/s1. The summed E-state index contributed by atoms with van der Waals surface area (Å²) < 4.78 is 61.2. The Kier molecular flexibility index (Phi) is 7.72. The number of thiophene rings is 1. The predicted molar refractivity (Wildman–Crippen MR) is 155 cm³/mol. The lowest BCUT2D eigenvalue weighted by molar-refractivity contribution is -0.134. The molecule has 0 radical (unpaired) electrons. The molecule has 11 nitrogen and oxygen atoms in total. The van der Waals surface area contributed by atoms with Crippen LogP contribution in [0.3, 0.4) is 0 Å². The van der Waals surface area contributed by atoms with Crippen molar-refractivity contribution in [3.63, 3.8) is 0 Å². The van der Waals surface area contributed by atoms with Gasteiger partial charge in [0.25, 0.3) is 0 Å². The molecule has 2 aromatic heterocycles. The largest absolute Gasteiger partial charge is 0.497 e. The Morgan fingerprint density at radius 3 is 2.45 bits per heavy atom. The summed E-state index contributed by atoms with van der Waals surface area (Å²) in [6.07, 6.45) is 2.81. The van der Waals surface area contributed by atoms with Crippen LogP contribution in [0, 0.1) is 0 Å². The van der Waals surface area contributed by atoms with Gasteiger partial charge < -0.3 is 15.4 Å². The number of hydrogen-bond acceptors (Lipinski definition) is 9.